The molecule has 116 valence electrons. The molecule has 0 unspecified atom stereocenters. The Morgan fingerprint density at radius 1 is 1.32 bits per heavy atom. The molecule has 0 radical (unpaired) electrons. The van der Waals surface area contributed by atoms with Crippen LogP contribution >= 0.6 is 11.6 Å². The number of carbonyl (C=O) groups is 1. The van der Waals surface area contributed by atoms with Gasteiger partial charge in [0.2, 0.25) is 5.91 Å². The average molecular weight is 323 g/mol. The summed E-state index contributed by atoms with van der Waals surface area (Å²) in [5.41, 5.74) is 0.0688. The lowest BCUT2D eigenvalue weighted by molar-refractivity contribution is -0.116. The first-order chi connectivity index (χ1) is 10.4. The smallest absolute Gasteiger partial charge is 0.328 e. The molecule has 7 nitrogen and oxygen atoms in total. The highest BCUT2D eigenvalue weighted by Gasteiger charge is 2.12. The van der Waals surface area contributed by atoms with Crippen molar-refractivity contribution in [2.24, 2.45) is 0 Å². The number of aromatic amines is 1. The molecule has 2 N–H and O–H groups in total. The van der Waals surface area contributed by atoms with Crippen LogP contribution in [0.4, 0.5) is 11.4 Å². The maximum Gasteiger partial charge on any atom is 0.328 e. The van der Waals surface area contributed by atoms with E-state index in [1.54, 1.807) is 23.1 Å². The van der Waals surface area contributed by atoms with Gasteiger partial charge in [-0.3, -0.25) is 19.1 Å². The third-order valence-corrected chi connectivity index (χ3v) is 3.22. The lowest BCUT2D eigenvalue weighted by Gasteiger charge is -2.19. The predicted molar refractivity (Wildman–Crippen MR) is 85.7 cm³/mol. The van der Waals surface area contributed by atoms with Crippen LogP contribution < -0.4 is 21.5 Å². The number of amides is 1. The molecule has 0 bridgehead atoms. The number of halogens is 1. The SMILES string of the molecule is CN(C)c1c(Cl)cccc1NC(=O)Cn1ccc(=O)[nH]c1=O. The van der Waals surface area contributed by atoms with E-state index < -0.39 is 17.2 Å². The minimum Gasteiger partial charge on any atom is -0.375 e. The fourth-order valence-electron chi connectivity index (χ4n) is 1.98. The third kappa shape index (κ3) is 3.56. The highest BCUT2D eigenvalue weighted by molar-refractivity contribution is 6.34. The van der Waals surface area contributed by atoms with Crippen molar-refractivity contribution in [2.45, 2.75) is 6.54 Å². The Labute approximate surface area is 131 Å². The number of hydrogen-bond donors (Lipinski definition) is 2. The number of hydrogen-bond acceptors (Lipinski definition) is 4. The number of aromatic nitrogens is 2. The van der Waals surface area contributed by atoms with Crippen LogP contribution in [-0.2, 0) is 11.3 Å². The fourth-order valence-corrected chi connectivity index (χ4v) is 2.33. The van der Waals surface area contributed by atoms with Gasteiger partial charge in [-0.2, -0.15) is 0 Å². The monoisotopic (exact) mass is 322 g/mol. The molecule has 2 rings (SSSR count). The summed E-state index contributed by atoms with van der Waals surface area (Å²) < 4.78 is 1.11. The zero-order chi connectivity index (χ0) is 16.3. The predicted octanol–water partition coefficient (Wildman–Crippen LogP) is 0.895. The molecule has 0 saturated heterocycles. The minimum absolute atomic E-state index is 0.213. The number of carbonyl (C=O) groups excluding carboxylic acids is 1. The van der Waals surface area contributed by atoms with E-state index in [1.165, 1.54) is 12.3 Å². The maximum absolute atomic E-state index is 12.1. The Bertz CT molecular complexity index is 810. The van der Waals surface area contributed by atoms with Gasteiger partial charge in [0.15, 0.2) is 0 Å². The quantitative estimate of drug-likeness (QED) is 0.875. The van der Waals surface area contributed by atoms with Gasteiger partial charge in [-0.1, -0.05) is 17.7 Å². The van der Waals surface area contributed by atoms with Crippen LogP contribution in [-0.4, -0.2) is 29.6 Å². The van der Waals surface area contributed by atoms with Crippen LogP contribution in [0.5, 0.6) is 0 Å². The van der Waals surface area contributed by atoms with Crippen LogP contribution in [0.3, 0.4) is 0 Å². The maximum atomic E-state index is 12.1. The molecule has 0 fully saturated rings. The first-order valence-electron chi connectivity index (χ1n) is 6.44. The molecule has 0 spiro atoms. The van der Waals surface area contributed by atoms with E-state index >= 15 is 0 Å². The van der Waals surface area contributed by atoms with Gasteiger partial charge in [-0.25, -0.2) is 4.79 Å². The number of H-pyrrole nitrogens is 1. The second-order valence-corrected chi connectivity index (χ2v) is 5.22. The number of nitrogens with zero attached hydrogens (tertiary/aromatic N) is 2. The van der Waals surface area contributed by atoms with E-state index in [9.17, 15) is 14.4 Å². The summed E-state index contributed by atoms with van der Waals surface area (Å²) in [6.07, 6.45) is 1.27. The number of para-hydroxylation sites is 1. The lowest BCUT2D eigenvalue weighted by Crippen LogP contribution is -2.32. The average Bonchev–Trinajstić information content (AvgIpc) is 2.41. The lowest BCUT2D eigenvalue weighted by atomic mass is 10.2. The van der Waals surface area contributed by atoms with E-state index in [-0.39, 0.29) is 6.54 Å². The van der Waals surface area contributed by atoms with Crippen LogP contribution in [0.2, 0.25) is 5.02 Å². The van der Waals surface area contributed by atoms with Crippen molar-refractivity contribution in [3.8, 4) is 0 Å². The molecule has 0 saturated carbocycles. The highest BCUT2D eigenvalue weighted by atomic mass is 35.5. The fraction of sp³-hybridized carbons (Fsp3) is 0.214. The normalized spacial score (nSPS) is 10.3. The van der Waals surface area contributed by atoms with Crippen molar-refractivity contribution >= 4 is 28.9 Å². The van der Waals surface area contributed by atoms with Crippen LogP contribution in [0.15, 0.2) is 40.1 Å². The van der Waals surface area contributed by atoms with Gasteiger partial charge in [0.1, 0.15) is 6.54 Å². The summed E-state index contributed by atoms with van der Waals surface area (Å²) in [6.45, 7) is -0.213. The summed E-state index contributed by atoms with van der Waals surface area (Å²) in [5.74, 6) is -0.403. The third-order valence-electron chi connectivity index (χ3n) is 2.92. The van der Waals surface area contributed by atoms with Crippen molar-refractivity contribution in [1.29, 1.82) is 0 Å². The second kappa shape index (κ2) is 6.48. The zero-order valence-electron chi connectivity index (χ0n) is 12.1. The van der Waals surface area contributed by atoms with Crippen molar-refractivity contribution in [3.63, 3.8) is 0 Å². The van der Waals surface area contributed by atoms with Gasteiger partial charge in [0, 0.05) is 26.4 Å². The zero-order valence-corrected chi connectivity index (χ0v) is 12.8. The first-order valence-corrected chi connectivity index (χ1v) is 6.81. The molecule has 0 aliphatic carbocycles. The molecule has 0 aliphatic rings. The summed E-state index contributed by atoms with van der Waals surface area (Å²) in [6, 6.07) is 6.34. The standard InChI is InChI=1S/C14H15ClN4O3/c1-18(2)13-9(15)4-3-5-10(13)16-12(21)8-19-7-6-11(20)17-14(19)22/h3-7H,8H2,1-2H3,(H,16,21)(H,17,20,22). The number of nitrogens with one attached hydrogen (secondary N) is 2. The van der Waals surface area contributed by atoms with Gasteiger partial charge in [0.05, 0.1) is 16.4 Å². The van der Waals surface area contributed by atoms with Crippen LogP contribution in [0.1, 0.15) is 0 Å². The first kappa shape index (κ1) is 15.8. The Hall–Kier alpha value is -2.54. The van der Waals surface area contributed by atoms with E-state index in [0.29, 0.717) is 16.4 Å². The molecule has 1 heterocycles. The molecule has 8 heteroatoms. The van der Waals surface area contributed by atoms with Gasteiger partial charge < -0.3 is 10.2 Å². The van der Waals surface area contributed by atoms with Gasteiger partial charge in [-0.05, 0) is 12.1 Å². The van der Waals surface area contributed by atoms with Crippen molar-refractivity contribution in [1.82, 2.24) is 9.55 Å². The Balaban J connectivity index is 2.21. The number of rotatable bonds is 4. The molecule has 1 amide bonds. The Morgan fingerprint density at radius 2 is 2.05 bits per heavy atom. The molecule has 2 aromatic rings. The molecule has 0 atom stereocenters. The molecule has 1 aromatic carbocycles. The van der Waals surface area contributed by atoms with Crippen molar-refractivity contribution in [2.75, 3.05) is 24.3 Å². The van der Waals surface area contributed by atoms with E-state index in [2.05, 4.69) is 10.3 Å². The van der Waals surface area contributed by atoms with Crippen LogP contribution in [0, 0.1) is 0 Å². The highest BCUT2D eigenvalue weighted by Crippen LogP contribution is 2.32. The van der Waals surface area contributed by atoms with Gasteiger partial charge in [0.25, 0.3) is 5.56 Å². The molecular formula is C14H15ClN4O3. The summed E-state index contributed by atoms with van der Waals surface area (Å²) in [7, 11) is 3.62. The van der Waals surface area contributed by atoms with Gasteiger partial charge in [-0.15, -0.1) is 0 Å². The van der Waals surface area contributed by atoms with E-state index in [4.69, 9.17) is 11.6 Å². The molecular weight excluding hydrogens is 308 g/mol. The summed E-state index contributed by atoms with van der Waals surface area (Å²) >= 11 is 6.12. The van der Waals surface area contributed by atoms with Crippen molar-refractivity contribution in [3.05, 3.63) is 56.3 Å². The number of benzene rings is 1. The largest absolute Gasteiger partial charge is 0.375 e. The summed E-state index contributed by atoms with van der Waals surface area (Å²) in [5, 5.41) is 3.21. The van der Waals surface area contributed by atoms with Crippen LogP contribution in [0.25, 0.3) is 0 Å². The minimum atomic E-state index is -0.637. The molecule has 0 aliphatic heterocycles. The number of anilines is 2. The second-order valence-electron chi connectivity index (χ2n) is 4.82. The molecule has 1 aromatic heterocycles. The Morgan fingerprint density at radius 3 is 2.68 bits per heavy atom. The Kier molecular flexibility index (Phi) is 4.67. The topological polar surface area (TPSA) is 87.2 Å². The molecule has 22 heavy (non-hydrogen) atoms. The van der Waals surface area contributed by atoms with Crippen molar-refractivity contribution < 1.29 is 4.79 Å². The summed E-state index contributed by atoms with van der Waals surface area (Å²) in [4.78, 5) is 38.5. The van der Waals surface area contributed by atoms with E-state index in [1.807, 2.05) is 14.1 Å². The van der Waals surface area contributed by atoms with E-state index in [0.717, 1.165) is 4.57 Å². The van der Waals surface area contributed by atoms with Gasteiger partial charge >= 0.3 is 5.69 Å².